The molecule has 3 heterocycles. The number of aromatic nitrogens is 3. The summed E-state index contributed by atoms with van der Waals surface area (Å²) in [5, 5.41) is 19.0. The van der Waals surface area contributed by atoms with E-state index >= 15 is 0 Å². The van der Waals surface area contributed by atoms with E-state index in [0.29, 0.717) is 11.6 Å². The molecule has 106 valence electrons. The average Bonchev–Trinajstić information content (AvgIpc) is 2.83. The molecule has 3 rings (SSSR count). The fourth-order valence-electron chi connectivity index (χ4n) is 2.48. The van der Waals surface area contributed by atoms with Gasteiger partial charge in [0, 0.05) is 11.6 Å². The van der Waals surface area contributed by atoms with Crippen LogP contribution in [0.5, 0.6) is 0 Å². The number of pyridine rings is 1. The van der Waals surface area contributed by atoms with Gasteiger partial charge in [0.2, 0.25) is 0 Å². The number of aliphatic hydroxyl groups excluding tert-OH is 1. The Labute approximate surface area is 122 Å². The van der Waals surface area contributed by atoms with Crippen LogP contribution in [0.4, 0.5) is 0 Å². The first-order valence-corrected chi connectivity index (χ1v) is 7.17. The summed E-state index contributed by atoms with van der Waals surface area (Å²) >= 11 is 5.90. The minimum atomic E-state index is -0.300. The van der Waals surface area contributed by atoms with E-state index < -0.39 is 0 Å². The number of nitrogens with one attached hydrogen (secondary N) is 1. The maximum absolute atomic E-state index is 9.87. The van der Waals surface area contributed by atoms with E-state index in [2.05, 4.69) is 15.4 Å². The van der Waals surface area contributed by atoms with E-state index in [4.69, 9.17) is 11.6 Å². The molecule has 0 saturated carbocycles. The van der Waals surface area contributed by atoms with Gasteiger partial charge < -0.3 is 10.4 Å². The number of allylic oxidation sites excluding steroid dienone is 1. The normalized spacial score (nSPS) is 23.7. The molecule has 5 nitrogen and oxygen atoms in total. The van der Waals surface area contributed by atoms with Crippen molar-refractivity contribution >= 4 is 22.6 Å². The number of nitrogens with zero attached hydrogens (tertiary/aromatic N) is 3. The van der Waals surface area contributed by atoms with Crippen molar-refractivity contribution in [1.82, 2.24) is 20.1 Å². The highest BCUT2D eigenvalue weighted by Gasteiger charge is 2.19. The van der Waals surface area contributed by atoms with Crippen LogP contribution in [0.25, 0.3) is 11.0 Å². The van der Waals surface area contributed by atoms with Crippen LogP contribution in [-0.4, -0.2) is 38.6 Å². The Kier molecular flexibility index (Phi) is 4.00. The fraction of sp³-hybridized carbons (Fsp3) is 0.429. The van der Waals surface area contributed by atoms with Crippen molar-refractivity contribution < 1.29 is 5.11 Å². The van der Waals surface area contributed by atoms with Gasteiger partial charge in [-0.15, -0.1) is 0 Å². The van der Waals surface area contributed by atoms with Crippen molar-refractivity contribution in [3.05, 3.63) is 35.6 Å². The van der Waals surface area contributed by atoms with Crippen molar-refractivity contribution in [3.63, 3.8) is 0 Å². The third-order valence-corrected chi connectivity index (χ3v) is 3.74. The second-order valence-electron chi connectivity index (χ2n) is 5.01. The molecule has 1 aliphatic heterocycles. The van der Waals surface area contributed by atoms with Gasteiger partial charge in [0.15, 0.2) is 5.65 Å². The predicted molar refractivity (Wildman–Crippen MR) is 78.7 cm³/mol. The molecule has 2 atom stereocenters. The van der Waals surface area contributed by atoms with Crippen LogP contribution in [-0.2, 0) is 6.54 Å². The second-order valence-corrected chi connectivity index (χ2v) is 5.45. The third-order valence-electron chi connectivity index (χ3n) is 3.54. The van der Waals surface area contributed by atoms with Crippen molar-refractivity contribution in [2.75, 3.05) is 6.54 Å². The molecule has 0 bridgehead atoms. The average molecular weight is 293 g/mol. The smallest absolute Gasteiger partial charge is 0.158 e. The molecular formula is C14H17ClN4O. The number of halogens is 1. The van der Waals surface area contributed by atoms with Gasteiger partial charge in [-0.2, -0.15) is 5.10 Å². The molecule has 1 saturated heterocycles. The van der Waals surface area contributed by atoms with Gasteiger partial charge in [0.25, 0.3) is 0 Å². The Morgan fingerprint density at radius 3 is 3.25 bits per heavy atom. The molecule has 2 N–H and O–H groups in total. The lowest BCUT2D eigenvalue weighted by Crippen LogP contribution is -2.43. The van der Waals surface area contributed by atoms with Crippen molar-refractivity contribution in [3.8, 4) is 0 Å². The van der Waals surface area contributed by atoms with E-state index in [-0.39, 0.29) is 12.1 Å². The van der Waals surface area contributed by atoms with Crippen LogP contribution in [0, 0.1) is 0 Å². The molecule has 1 aliphatic rings. The van der Waals surface area contributed by atoms with Crippen LogP contribution < -0.4 is 5.32 Å². The Morgan fingerprint density at radius 2 is 2.40 bits per heavy atom. The van der Waals surface area contributed by atoms with Crippen LogP contribution in [0.1, 0.15) is 12.8 Å². The van der Waals surface area contributed by atoms with E-state index in [9.17, 15) is 5.11 Å². The maximum Gasteiger partial charge on any atom is 0.158 e. The highest BCUT2D eigenvalue weighted by Crippen LogP contribution is 2.16. The highest BCUT2D eigenvalue weighted by molar-refractivity contribution is 6.31. The highest BCUT2D eigenvalue weighted by atomic mass is 35.5. The molecular weight excluding hydrogens is 276 g/mol. The second kappa shape index (κ2) is 5.91. The first-order chi connectivity index (χ1) is 9.74. The Bertz CT molecular complexity index is 625. The number of hydrogen-bond donors (Lipinski definition) is 2. The molecule has 0 aromatic carbocycles. The number of rotatable bonds is 3. The van der Waals surface area contributed by atoms with Crippen LogP contribution >= 0.6 is 11.6 Å². The van der Waals surface area contributed by atoms with Gasteiger partial charge in [-0.05, 0) is 25.5 Å². The lowest BCUT2D eigenvalue weighted by molar-refractivity contribution is 0.115. The first kappa shape index (κ1) is 13.5. The van der Waals surface area contributed by atoms with Gasteiger partial charge in [0.05, 0.1) is 29.9 Å². The quantitative estimate of drug-likeness (QED) is 0.846. The van der Waals surface area contributed by atoms with Gasteiger partial charge in [0.1, 0.15) is 0 Å². The van der Waals surface area contributed by atoms with Crippen LogP contribution in [0.3, 0.4) is 0 Å². The maximum atomic E-state index is 9.87. The summed E-state index contributed by atoms with van der Waals surface area (Å²) in [6.07, 6.45) is 8.98. The number of aliphatic hydroxyl groups is 1. The summed E-state index contributed by atoms with van der Waals surface area (Å²) in [6, 6.07) is 1.89. The largest absolute Gasteiger partial charge is 0.391 e. The molecule has 0 aliphatic carbocycles. The Balaban J connectivity index is 1.70. The lowest BCUT2D eigenvalue weighted by Gasteiger charge is -2.26. The van der Waals surface area contributed by atoms with E-state index in [1.54, 1.807) is 12.4 Å². The summed E-state index contributed by atoms with van der Waals surface area (Å²) in [7, 11) is 0. The summed E-state index contributed by atoms with van der Waals surface area (Å²) in [6.45, 7) is 1.58. The molecule has 0 amide bonds. The van der Waals surface area contributed by atoms with Crippen molar-refractivity contribution in [1.29, 1.82) is 0 Å². The zero-order valence-electron chi connectivity index (χ0n) is 11.0. The standard InChI is InChI=1S/C14H17ClN4O/c15-11-7-10-8-18-19(14(10)17-9-11)6-2-3-12-13(20)4-1-5-16-12/h2-3,7-9,12-13,16,20H,1,4-6H2/b3-2+/t12-,13+/m1/s1. The molecule has 0 unspecified atom stereocenters. The molecule has 0 radical (unpaired) electrons. The fourth-order valence-corrected chi connectivity index (χ4v) is 2.64. The van der Waals surface area contributed by atoms with Gasteiger partial charge in [-0.3, -0.25) is 0 Å². The Hall–Kier alpha value is -1.43. The minimum Gasteiger partial charge on any atom is -0.391 e. The first-order valence-electron chi connectivity index (χ1n) is 6.79. The molecule has 0 spiro atoms. The van der Waals surface area contributed by atoms with E-state index in [1.807, 2.05) is 22.9 Å². The molecule has 20 heavy (non-hydrogen) atoms. The molecule has 2 aromatic rings. The lowest BCUT2D eigenvalue weighted by atomic mass is 10.0. The topological polar surface area (TPSA) is 63.0 Å². The summed E-state index contributed by atoms with van der Waals surface area (Å²) < 4.78 is 1.82. The Morgan fingerprint density at radius 1 is 1.50 bits per heavy atom. The van der Waals surface area contributed by atoms with Gasteiger partial charge in [-0.25, -0.2) is 9.67 Å². The zero-order valence-corrected chi connectivity index (χ0v) is 11.8. The van der Waals surface area contributed by atoms with Crippen molar-refractivity contribution in [2.24, 2.45) is 0 Å². The van der Waals surface area contributed by atoms with Crippen molar-refractivity contribution in [2.45, 2.75) is 31.5 Å². The number of fused-ring (bicyclic) bond motifs is 1. The molecule has 2 aromatic heterocycles. The van der Waals surface area contributed by atoms with E-state index in [1.165, 1.54) is 0 Å². The number of hydrogen-bond acceptors (Lipinski definition) is 4. The monoisotopic (exact) mass is 292 g/mol. The molecule has 6 heteroatoms. The summed E-state index contributed by atoms with van der Waals surface area (Å²) in [4.78, 5) is 4.29. The summed E-state index contributed by atoms with van der Waals surface area (Å²) in [5.41, 5.74) is 0.816. The number of piperidine rings is 1. The third kappa shape index (κ3) is 2.85. The minimum absolute atomic E-state index is 0.0352. The zero-order chi connectivity index (χ0) is 13.9. The summed E-state index contributed by atoms with van der Waals surface area (Å²) in [5.74, 6) is 0. The van der Waals surface area contributed by atoms with Gasteiger partial charge >= 0.3 is 0 Å². The SMILES string of the molecule is O[C@H]1CCCN[C@@H]1/C=C/Cn1ncc2cc(Cl)cnc21. The van der Waals surface area contributed by atoms with Crippen LogP contribution in [0.2, 0.25) is 5.02 Å². The predicted octanol–water partition coefficient (Wildman–Crippen LogP) is 1.75. The molecule has 1 fully saturated rings. The van der Waals surface area contributed by atoms with Crippen LogP contribution in [0.15, 0.2) is 30.6 Å². The van der Waals surface area contributed by atoms with Gasteiger partial charge in [-0.1, -0.05) is 23.8 Å². The van der Waals surface area contributed by atoms with E-state index in [0.717, 1.165) is 30.4 Å².